The number of nitrogens with zero attached hydrogens (tertiary/aromatic N) is 1. The first-order chi connectivity index (χ1) is 15.7. The molecular formula is C28H31ClN2O2. The lowest BCUT2D eigenvalue weighted by Gasteiger charge is -2.34. The van der Waals surface area contributed by atoms with Gasteiger partial charge in [0.1, 0.15) is 6.04 Å². The lowest BCUT2D eigenvalue weighted by atomic mass is 10.00. The molecule has 0 fully saturated rings. The van der Waals surface area contributed by atoms with Gasteiger partial charge in [-0.25, -0.2) is 0 Å². The molecule has 0 saturated heterocycles. The lowest BCUT2D eigenvalue weighted by molar-refractivity contribution is -0.141. The van der Waals surface area contributed by atoms with Crippen LogP contribution in [-0.4, -0.2) is 28.3 Å². The number of carbonyl (C=O) groups is 2. The second-order valence-corrected chi connectivity index (χ2v) is 9.69. The van der Waals surface area contributed by atoms with Gasteiger partial charge in [0.05, 0.1) is 6.42 Å². The molecule has 2 amide bonds. The molecule has 3 rings (SSSR count). The third-order valence-corrected chi connectivity index (χ3v) is 5.49. The molecule has 0 bridgehead atoms. The van der Waals surface area contributed by atoms with Gasteiger partial charge in [0.25, 0.3) is 0 Å². The van der Waals surface area contributed by atoms with Gasteiger partial charge in [-0.15, -0.1) is 0 Å². The Morgan fingerprint density at radius 1 is 0.818 bits per heavy atom. The molecule has 0 heterocycles. The Bertz CT molecular complexity index is 1040. The van der Waals surface area contributed by atoms with Crippen molar-refractivity contribution >= 4 is 23.4 Å². The Labute approximate surface area is 201 Å². The summed E-state index contributed by atoms with van der Waals surface area (Å²) in [6, 6.07) is 26.2. The van der Waals surface area contributed by atoms with Crippen LogP contribution in [0.3, 0.4) is 0 Å². The zero-order chi connectivity index (χ0) is 23.8. The minimum Gasteiger partial charge on any atom is -0.350 e. The van der Waals surface area contributed by atoms with Gasteiger partial charge in [-0.1, -0.05) is 84.4 Å². The van der Waals surface area contributed by atoms with Crippen molar-refractivity contribution in [1.29, 1.82) is 0 Å². The number of benzene rings is 3. The van der Waals surface area contributed by atoms with Gasteiger partial charge in [0, 0.05) is 23.5 Å². The molecule has 0 spiro atoms. The molecule has 0 aliphatic rings. The number of nitrogens with one attached hydrogen (secondary N) is 1. The molecule has 3 aromatic rings. The number of rotatable bonds is 8. The van der Waals surface area contributed by atoms with E-state index >= 15 is 0 Å². The van der Waals surface area contributed by atoms with E-state index in [4.69, 9.17) is 11.6 Å². The molecule has 0 aromatic heterocycles. The average molecular weight is 463 g/mol. The van der Waals surface area contributed by atoms with E-state index in [1.165, 1.54) is 0 Å². The molecule has 0 unspecified atom stereocenters. The third-order valence-electron chi connectivity index (χ3n) is 5.23. The summed E-state index contributed by atoms with van der Waals surface area (Å²) in [5.74, 6) is -0.261. The van der Waals surface area contributed by atoms with Crippen LogP contribution in [0, 0.1) is 0 Å². The fourth-order valence-corrected chi connectivity index (χ4v) is 3.79. The van der Waals surface area contributed by atoms with E-state index in [0.717, 1.165) is 16.7 Å². The van der Waals surface area contributed by atoms with Crippen molar-refractivity contribution < 1.29 is 9.59 Å². The fourth-order valence-electron chi connectivity index (χ4n) is 3.67. The van der Waals surface area contributed by atoms with E-state index in [1.807, 2.05) is 93.6 Å². The molecule has 0 aliphatic carbocycles. The minimum atomic E-state index is -0.654. The molecular weight excluding hydrogens is 432 g/mol. The van der Waals surface area contributed by atoms with Crippen LogP contribution in [0.25, 0.3) is 0 Å². The van der Waals surface area contributed by atoms with E-state index in [2.05, 4.69) is 5.32 Å². The monoisotopic (exact) mass is 462 g/mol. The Kier molecular flexibility index (Phi) is 8.29. The third kappa shape index (κ3) is 7.76. The number of amides is 2. The second-order valence-electron chi connectivity index (χ2n) is 9.26. The summed E-state index contributed by atoms with van der Waals surface area (Å²) in [5.41, 5.74) is 2.42. The maximum atomic E-state index is 13.6. The molecule has 0 radical (unpaired) electrons. The largest absolute Gasteiger partial charge is 0.350 e. The van der Waals surface area contributed by atoms with E-state index in [0.29, 0.717) is 18.0 Å². The van der Waals surface area contributed by atoms with Crippen molar-refractivity contribution in [1.82, 2.24) is 10.2 Å². The molecule has 0 aliphatic heterocycles. The standard InChI is InChI=1S/C28H31ClN2O2/c1-28(2,3)30-27(33)25(18-21-10-6-4-7-11-21)31(20-23-14-16-24(29)17-15-23)26(32)19-22-12-8-5-9-13-22/h4-17,25H,18-20H2,1-3H3,(H,30,33)/t25-/m1/s1. The predicted molar refractivity (Wildman–Crippen MR) is 134 cm³/mol. The molecule has 33 heavy (non-hydrogen) atoms. The SMILES string of the molecule is CC(C)(C)NC(=O)[C@@H](Cc1ccccc1)N(Cc1ccc(Cl)cc1)C(=O)Cc1ccccc1. The van der Waals surface area contributed by atoms with Gasteiger partial charge >= 0.3 is 0 Å². The summed E-state index contributed by atoms with van der Waals surface area (Å²) in [7, 11) is 0. The Morgan fingerprint density at radius 2 is 1.36 bits per heavy atom. The van der Waals surface area contributed by atoms with Gasteiger partial charge in [0.2, 0.25) is 11.8 Å². The van der Waals surface area contributed by atoms with E-state index in [9.17, 15) is 9.59 Å². The molecule has 0 saturated carbocycles. The Hall–Kier alpha value is -3.11. The van der Waals surface area contributed by atoms with Crippen LogP contribution < -0.4 is 5.32 Å². The normalized spacial score (nSPS) is 12.1. The first kappa shape index (κ1) is 24.5. The van der Waals surface area contributed by atoms with Crippen LogP contribution >= 0.6 is 11.6 Å². The first-order valence-corrected chi connectivity index (χ1v) is 11.5. The highest BCUT2D eigenvalue weighted by Gasteiger charge is 2.32. The van der Waals surface area contributed by atoms with Crippen molar-refractivity contribution in [2.75, 3.05) is 0 Å². The summed E-state index contributed by atoms with van der Waals surface area (Å²) < 4.78 is 0. The lowest BCUT2D eigenvalue weighted by Crippen LogP contribution is -2.54. The van der Waals surface area contributed by atoms with E-state index < -0.39 is 11.6 Å². The Balaban J connectivity index is 1.97. The summed E-state index contributed by atoms with van der Waals surface area (Å²) in [4.78, 5) is 28.8. The van der Waals surface area contributed by atoms with Crippen LogP contribution in [-0.2, 0) is 29.0 Å². The minimum absolute atomic E-state index is 0.0962. The van der Waals surface area contributed by atoms with Crippen molar-refractivity contribution in [2.45, 2.75) is 51.7 Å². The molecule has 1 N–H and O–H groups in total. The predicted octanol–water partition coefficient (Wildman–Crippen LogP) is 5.44. The summed E-state index contributed by atoms with van der Waals surface area (Å²) in [6.07, 6.45) is 0.652. The van der Waals surface area contributed by atoms with Crippen molar-refractivity contribution in [2.24, 2.45) is 0 Å². The highest BCUT2D eigenvalue weighted by Crippen LogP contribution is 2.19. The quantitative estimate of drug-likeness (QED) is 0.484. The van der Waals surface area contributed by atoms with E-state index in [-0.39, 0.29) is 18.2 Å². The Morgan fingerprint density at radius 3 is 1.91 bits per heavy atom. The van der Waals surface area contributed by atoms with Crippen molar-refractivity contribution in [3.05, 3.63) is 107 Å². The van der Waals surface area contributed by atoms with Crippen LogP contribution in [0.15, 0.2) is 84.9 Å². The average Bonchev–Trinajstić information content (AvgIpc) is 2.77. The smallest absolute Gasteiger partial charge is 0.243 e. The van der Waals surface area contributed by atoms with Gasteiger partial charge in [-0.05, 0) is 49.6 Å². The van der Waals surface area contributed by atoms with Gasteiger partial charge in [0.15, 0.2) is 0 Å². The van der Waals surface area contributed by atoms with Crippen LogP contribution in [0.1, 0.15) is 37.5 Å². The summed E-state index contributed by atoms with van der Waals surface area (Å²) in [6.45, 7) is 6.15. The molecule has 172 valence electrons. The molecule has 1 atom stereocenters. The van der Waals surface area contributed by atoms with Crippen molar-refractivity contribution in [3.63, 3.8) is 0 Å². The topological polar surface area (TPSA) is 49.4 Å². The second kappa shape index (κ2) is 11.2. The van der Waals surface area contributed by atoms with Gasteiger partial charge < -0.3 is 10.2 Å². The highest BCUT2D eigenvalue weighted by molar-refractivity contribution is 6.30. The summed E-state index contributed by atoms with van der Waals surface area (Å²) in [5, 5.41) is 3.71. The number of halogens is 1. The number of hydrogen-bond donors (Lipinski definition) is 1. The van der Waals surface area contributed by atoms with Crippen molar-refractivity contribution in [3.8, 4) is 0 Å². The maximum Gasteiger partial charge on any atom is 0.243 e. The molecule has 3 aromatic carbocycles. The highest BCUT2D eigenvalue weighted by atomic mass is 35.5. The molecule has 4 nitrogen and oxygen atoms in total. The maximum absolute atomic E-state index is 13.6. The zero-order valence-electron chi connectivity index (χ0n) is 19.4. The van der Waals surface area contributed by atoms with Crippen LogP contribution in [0.5, 0.6) is 0 Å². The summed E-state index contributed by atoms with van der Waals surface area (Å²) >= 11 is 6.07. The van der Waals surface area contributed by atoms with Crippen LogP contribution in [0.4, 0.5) is 0 Å². The fraction of sp³-hybridized carbons (Fsp3) is 0.286. The van der Waals surface area contributed by atoms with Crippen LogP contribution in [0.2, 0.25) is 5.02 Å². The number of carbonyl (C=O) groups excluding carboxylic acids is 2. The first-order valence-electron chi connectivity index (χ1n) is 11.1. The van der Waals surface area contributed by atoms with E-state index in [1.54, 1.807) is 17.0 Å². The molecule has 5 heteroatoms. The van der Waals surface area contributed by atoms with Gasteiger partial charge in [-0.2, -0.15) is 0 Å². The zero-order valence-corrected chi connectivity index (χ0v) is 20.2. The van der Waals surface area contributed by atoms with Gasteiger partial charge in [-0.3, -0.25) is 9.59 Å². The number of hydrogen-bond acceptors (Lipinski definition) is 2.